The van der Waals surface area contributed by atoms with E-state index in [2.05, 4.69) is 0 Å². The average Bonchev–Trinajstić information content (AvgIpc) is 3.20. The Bertz CT molecular complexity index is 566. The van der Waals surface area contributed by atoms with Gasteiger partial charge >= 0.3 is 0 Å². The van der Waals surface area contributed by atoms with Crippen LogP contribution in [0.4, 0.5) is 8.78 Å². The molecule has 1 aromatic carbocycles. The Morgan fingerprint density at radius 2 is 1.75 bits per heavy atom. The van der Waals surface area contributed by atoms with Gasteiger partial charge in [-0.2, -0.15) is 0 Å². The van der Waals surface area contributed by atoms with Crippen LogP contribution < -0.4 is 5.73 Å². The molecule has 5 heteroatoms. The van der Waals surface area contributed by atoms with E-state index in [9.17, 15) is 13.6 Å². The Hall–Kier alpha value is -1.49. The number of hydrogen-bond donors (Lipinski definition) is 1. The molecule has 1 amide bonds. The molecule has 0 radical (unpaired) electrons. The Morgan fingerprint density at radius 1 is 1.08 bits per heavy atom. The lowest BCUT2D eigenvalue weighted by Crippen LogP contribution is -2.41. The molecule has 24 heavy (non-hydrogen) atoms. The Balaban J connectivity index is 1.77. The summed E-state index contributed by atoms with van der Waals surface area (Å²) in [5, 5.41) is 0. The normalized spacial score (nSPS) is 24.5. The van der Waals surface area contributed by atoms with Crippen LogP contribution >= 0.6 is 0 Å². The number of benzene rings is 1. The molecule has 2 fully saturated rings. The monoisotopic (exact) mass is 336 g/mol. The van der Waals surface area contributed by atoms with Crippen molar-refractivity contribution in [3.63, 3.8) is 0 Å². The van der Waals surface area contributed by atoms with Gasteiger partial charge in [-0.05, 0) is 43.7 Å². The molecule has 2 aliphatic rings. The average molecular weight is 336 g/mol. The van der Waals surface area contributed by atoms with Crippen LogP contribution in [0.2, 0.25) is 0 Å². The molecule has 2 aliphatic carbocycles. The molecule has 3 nitrogen and oxygen atoms in total. The van der Waals surface area contributed by atoms with E-state index < -0.39 is 11.6 Å². The maximum Gasteiger partial charge on any atom is 0.223 e. The highest BCUT2D eigenvalue weighted by Crippen LogP contribution is 2.31. The molecule has 3 rings (SSSR count). The zero-order valence-corrected chi connectivity index (χ0v) is 14.0. The molecule has 0 aliphatic heterocycles. The number of hydrogen-bond acceptors (Lipinski definition) is 2. The zero-order valence-electron chi connectivity index (χ0n) is 14.0. The minimum absolute atomic E-state index is 0.00605. The van der Waals surface area contributed by atoms with Gasteiger partial charge in [0.1, 0.15) is 11.6 Å². The standard InChI is InChI=1S/C19H26F2N2O/c20-16-8-4-9-17(21)15(16)12-23(14-6-1-2-7-14)19(24)11-13-5-3-10-18(13)22/h4,8-9,13-14,18H,1-3,5-7,10-12,22H2/t13-,18+/m0/s1. The van der Waals surface area contributed by atoms with Crippen LogP contribution in [-0.2, 0) is 11.3 Å². The predicted octanol–water partition coefficient (Wildman–Crippen LogP) is 3.75. The van der Waals surface area contributed by atoms with E-state index in [-0.39, 0.29) is 36.0 Å². The van der Waals surface area contributed by atoms with E-state index in [0.29, 0.717) is 6.42 Å². The summed E-state index contributed by atoms with van der Waals surface area (Å²) in [6.45, 7) is 0.0178. The van der Waals surface area contributed by atoms with Crippen molar-refractivity contribution >= 4 is 5.91 Å². The van der Waals surface area contributed by atoms with Crippen molar-refractivity contribution in [1.82, 2.24) is 4.90 Å². The smallest absolute Gasteiger partial charge is 0.223 e. The highest BCUT2D eigenvalue weighted by Gasteiger charge is 2.32. The van der Waals surface area contributed by atoms with Gasteiger partial charge in [0.15, 0.2) is 0 Å². The lowest BCUT2D eigenvalue weighted by atomic mass is 9.98. The first-order chi connectivity index (χ1) is 11.6. The number of carbonyl (C=O) groups is 1. The molecule has 0 spiro atoms. The van der Waals surface area contributed by atoms with Crippen molar-refractivity contribution in [3.05, 3.63) is 35.4 Å². The molecule has 2 N–H and O–H groups in total. The zero-order chi connectivity index (χ0) is 17.1. The Kier molecular flexibility index (Phi) is 5.49. The lowest BCUT2D eigenvalue weighted by Gasteiger charge is -2.31. The van der Waals surface area contributed by atoms with Gasteiger partial charge in [0.25, 0.3) is 0 Å². The third kappa shape index (κ3) is 3.77. The van der Waals surface area contributed by atoms with Crippen molar-refractivity contribution < 1.29 is 13.6 Å². The summed E-state index contributed by atoms with van der Waals surface area (Å²) in [4.78, 5) is 14.6. The first-order valence-corrected chi connectivity index (χ1v) is 9.04. The maximum absolute atomic E-state index is 14.0. The van der Waals surface area contributed by atoms with Crippen molar-refractivity contribution in [2.24, 2.45) is 11.7 Å². The molecule has 0 bridgehead atoms. The highest BCUT2D eigenvalue weighted by molar-refractivity contribution is 5.77. The predicted molar refractivity (Wildman–Crippen MR) is 89.1 cm³/mol. The molecular formula is C19H26F2N2O. The molecule has 0 saturated heterocycles. The lowest BCUT2D eigenvalue weighted by molar-refractivity contribution is -0.135. The molecule has 0 unspecified atom stereocenters. The van der Waals surface area contributed by atoms with E-state index >= 15 is 0 Å². The Morgan fingerprint density at radius 3 is 2.33 bits per heavy atom. The second-order valence-electron chi connectivity index (χ2n) is 7.22. The quantitative estimate of drug-likeness (QED) is 0.890. The van der Waals surface area contributed by atoms with Gasteiger partial charge in [-0.1, -0.05) is 25.3 Å². The summed E-state index contributed by atoms with van der Waals surface area (Å²) in [6.07, 6.45) is 7.35. The second-order valence-corrected chi connectivity index (χ2v) is 7.22. The third-order valence-electron chi connectivity index (χ3n) is 5.63. The number of carbonyl (C=O) groups excluding carboxylic acids is 1. The van der Waals surface area contributed by atoms with Crippen molar-refractivity contribution in [2.45, 2.75) is 70.0 Å². The van der Waals surface area contributed by atoms with E-state index in [1.54, 1.807) is 4.90 Å². The van der Waals surface area contributed by atoms with Gasteiger partial charge in [0.05, 0.1) is 6.54 Å². The summed E-state index contributed by atoms with van der Waals surface area (Å²) in [5.41, 5.74) is 6.08. The summed E-state index contributed by atoms with van der Waals surface area (Å²) in [6, 6.07) is 4.03. The summed E-state index contributed by atoms with van der Waals surface area (Å²) in [5.74, 6) is -0.967. The summed E-state index contributed by atoms with van der Waals surface area (Å²) in [7, 11) is 0. The van der Waals surface area contributed by atoms with E-state index in [1.807, 2.05) is 0 Å². The van der Waals surface area contributed by atoms with E-state index in [4.69, 9.17) is 5.73 Å². The maximum atomic E-state index is 14.0. The van der Waals surface area contributed by atoms with Crippen LogP contribution in [0.15, 0.2) is 18.2 Å². The molecule has 0 aromatic heterocycles. The largest absolute Gasteiger partial charge is 0.335 e. The van der Waals surface area contributed by atoms with Gasteiger partial charge in [-0.3, -0.25) is 4.79 Å². The van der Waals surface area contributed by atoms with Gasteiger partial charge in [0.2, 0.25) is 5.91 Å². The fraction of sp³-hybridized carbons (Fsp3) is 0.632. The van der Waals surface area contributed by atoms with Crippen LogP contribution in [0.3, 0.4) is 0 Å². The number of nitrogens with two attached hydrogens (primary N) is 1. The number of rotatable bonds is 5. The molecule has 0 heterocycles. The fourth-order valence-corrected chi connectivity index (χ4v) is 4.15. The Labute approximate surface area is 142 Å². The molecular weight excluding hydrogens is 310 g/mol. The van der Waals surface area contributed by atoms with Crippen LogP contribution in [0.25, 0.3) is 0 Å². The number of halogens is 2. The van der Waals surface area contributed by atoms with E-state index in [0.717, 1.165) is 44.9 Å². The summed E-state index contributed by atoms with van der Waals surface area (Å²) >= 11 is 0. The van der Waals surface area contributed by atoms with Crippen molar-refractivity contribution in [3.8, 4) is 0 Å². The molecule has 2 saturated carbocycles. The van der Waals surface area contributed by atoms with Gasteiger partial charge in [-0.15, -0.1) is 0 Å². The van der Waals surface area contributed by atoms with Gasteiger partial charge < -0.3 is 10.6 Å². The second kappa shape index (κ2) is 7.60. The molecule has 1 aromatic rings. The van der Waals surface area contributed by atoms with Crippen LogP contribution in [-0.4, -0.2) is 22.9 Å². The highest BCUT2D eigenvalue weighted by atomic mass is 19.1. The first kappa shape index (κ1) is 17.3. The van der Waals surface area contributed by atoms with Crippen LogP contribution in [0.5, 0.6) is 0 Å². The first-order valence-electron chi connectivity index (χ1n) is 9.04. The van der Waals surface area contributed by atoms with Crippen LogP contribution in [0.1, 0.15) is 56.9 Å². The topological polar surface area (TPSA) is 46.3 Å². The summed E-state index contributed by atoms with van der Waals surface area (Å²) < 4.78 is 28.1. The SMILES string of the molecule is N[C@@H]1CCC[C@H]1CC(=O)N(Cc1c(F)cccc1F)C1CCCC1. The number of nitrogens with zero attached hydrogens (tertiary/aromatic N) is 1. The third-order valence-corrected chi connectivity index (χ3v) is 5.63. The van der Waals surface area contributed by atoms with E-state index in [1.165, 1.54) is 18.2 Å². The van der Waals surface area contributed by atoms with Crippen molar-refractivity contribution in [1.29, 1.82) is 0 Å². The van der Waals surface area contributed by atoms with Crippen LogP contribution in [0, 0.1) is 17.6 Å². The van der Waals surface area contributed by atoms with Gasteiger partial charge in [0, 0.05) is 24.1 Å². The minimum Gasteiger partial charge on any atom is -0.335 e. The van der Waals surface area contributed by atoms with Gasteiger partial charge in [-0.25, -0.2) is 8.78 Å². The molecule has 2 atom stereocenters. The van der Waals surface area contributed by atoms with Crippen molar-refractivity contribution in [2.75, 3.05) is 0 Å². The molecule has 132 valence electrons. The number of amides is 1. The fourth-order valence-electron chi connectivity index (χ4n) is 4.15. The minimum atomic E-state index is -0.580.